The molecule has 0 spiro atoms. The number of aromatic nitrogens is 1. The SMILES string of the molecule is CCCCNCc1sc(-c2ccccc2C)nc1C(C)C. The molecule has 0 fully saturated rings. The van der Waals surface area contributed by atoms with E-state index in [1.807, 2.05) is 11.3 Å². The van der Waals surface area contributed by atoms with Crippen molar-refractivity contribution in [3.63, 3.8) is 0 Å². The lowest BCUT2D eigenvalue weighted by atomic mass is 10.1. The molecule has 0 aliphatic carbocycles. The number of aryl methyl sites for hydroxylation is 1. The van der Waals surface area contributed by atoms with E-state index < -0.39 is 0 Å². The highest BCUT2D eigenvalue weighted by atomic mass is 32.1. The Morgan fingerprint density at radius 2 is 2.00 bits per heavy atom. The fourth-order valence-electron chi connectivity index (χ4n) is 2.37. The molecule has 2 nitrogen and oxygen atoms in total. The zero-order chi connectivity index (χ0) is 15.2. The number of nitrogens with zero attached hydrogens (tertiary/aromatic N) is 1. The van der Waals surface area contributed by atoms with Gasteiger partial charge in [-0.15, -0.1) is 11.3 Å². The second-order valence-electron chi connectivity index (χ2n) is 5.83. The first-order valence-electron chi connectivity index (χ1n) is 7.89. The van der Waals surface area contributed by atoms with Crippen molar-refractivity contribution in [1.82, 2.24) is 10.3 Å². The summed E-state index contributed by atoms with van der Waals surface area (Å²) < 4.78 is 0. The predicted molar refractivity (Wildman–Crippen MR) is 93.0 cm³/mol. The molecule has 1 heterocycles. The molecular formula is C18H26N2S. The molecule has 0 aliphatic heterocycles. The molecule has 0 aliphatic rings. The molecule has 1 N–H and O–H groups in total. The number of unbranched alkanes of at least 4 members (excludes halogenated alkanes) is 1. The van der Waals surface area contributed by atoms with Crippen LogP contribution in [0.15, 0.2) is 24.3 Å². The van der Waals surface area contributed by atoms with Crippen LogP contribution in [-0.4, -0.2) is 11.5 Å². The van der Waals surface area contributed by atoms with Gasteiger partial charge in [0.25, 0.3) is 0 Å². The van der Waals surface area contributed by atoms with Gasteiger partial charge in [0, 0.05) is 17.0 Å². The van der Waals surface area contributed by atoms with Crippen LogP contribution >= 0.6 is 11.3 Å². The molecule has 2 rings (SSSR count). The summed E-state index contributed by atoms with van der Waals surface area (Å²) >= 11 is 1.84. The highest BCUT2D eigenvalue weighted by Crippen LogP contribution is 2.33. The highest BCUT2D eigenvalue weighted by Gasteiger charge is 2.15. The van der Waals surface area contributed by atoms with Crippen molar-refractivity contribution in [3.05, 3.63) is 40.4 Å². The second kappa shape index (κ2) is 7.71. The Labute approximate surface area is 132 Å². The molecule has 0 unspecified atom stereocenters. The summed E-state index contributed by atoms with van der Waals surface area (Å²) in [5.41, 5.74) is 3.82. The van der Waals surface area contributed by atoms with Gasteiger partial charge in [0.05, 0.1) is 5.69 Å². The van der Waals surface area contributed by atoms with Crippen LogP contribution in [0.25, 0.3) is 10.6 Å². The maximum Gasteiger partial charge on any atom is 0.124 e. The third-order valence-electron chi connectivity index (χ3n) is 3.64. The highest BCUT2D eigenvalue weighted by molar-refractivity contribution is 7.15. The quantitative estimate of drug-likeness (QED) is 0.717. The molecule has 1 aromatic carbocycles. The molecule has 0 saturated carbocycles. The third-order valence-corrected chi connectivity index (χ3v) is 4.75. The van der Waals surface area contributed by atoms with Gasteiger partial charge in [-0.25, -0.2) is 4.98 Å². The first-order chi connectivity index (χ1) is 10.1. The number of nitrogens with one attached hydrogen (secondary N) is 1. The number of rotatable bonds is 7. The summed E-state index contributed by atoms with van der Waals surface area (Å²) in [7, 11) is 0. The molecule has 0 saturated heterocycles. The van der Waals surface area contributed by atoms with E-state index in [2.05, 4.69) is 57.3 Å². The van der Waals surface area contributed by atoms with Crippen molar-refractivity contribution in [2.75, 3.05) is 6.54 Å². The van der Waals surface area contributed by atoms with Crippen LogP contribution in [0.1, 0.15) is 55.7 Å². The van der Waals surface area contributed by atoms with Crippen molar-refractivity contribution in [1.29, 1.82) is 0 Å². The molecule has 0 atom stereocenters. The summed E-state index contributed by atoms with van der Waals surface area (Å²) in [5.74, 6) is 0.474. The van der Waals surface area contributed by atoms with Gasteiger partial charge in [0.2, 0.25) is 0 Å². The summed E-state index contributed by atoms with van der Waals surface area (Å²) in [4.78, 5) is 6.31. The lowest BCUT2D eigenvalue weighted by Crippen LogP contribution is -2.14. The van der Waals surface area contributed by atoms with Crippen LogP contribution < -0.4 is 5.32 Å². The van der Waals surface area contributed by atoms with Crippen LogP contribution in [0.5, 0.6) is 0 Å². The maximum absolute atomic E-state index is 4.92. The van der Waals surface area contributed by atoms with Gasteiger partial charge >= 0.3 is 0 Å². The minimum atomic E-state index is 0.474. The molecule has 0 amide bonds. The number of benzene rings is 1. The first-order valence-corrected chi connectivity index (χ1v) is 8.71. The topological polar surface area (TPSA) is 24.9 Å². The largest absolute Gasteiger partial charge is 0.312 e. The average Bonchev–Trinajstić information content (AvgIpc) is 2.88. The Morgan fingerprint density at radius 3 is 2.67 bits per heavy atom. The fraction of sp³-hybridized carbons (Fsp3) is 0.500. The van der Waals surface area contributed by atoms with Gasteiger partial charge in [-0.3, -0.25) is 0 Å². The zero-order valence-corrected chi connectivity index (χ0v) is 14.4. The molecule has 3 heteroatoms. The second-order valence-corrected chi connectivity index (χ2v) is 6.91. The van der Waals surface area contributed by atoms with E-state index in [4.69, 9.17) is 4.98 Å². The van der Waals surface area contributed by atoms with Crippen molar-refractivity contribution < 1.29 is 0 Å². The minimum absolute atomic E-state index is 0.474. The van der Waals surface area contributed by atoms with Crippen molar-refractivity contribution >= 4 is 11.3 Å². The fourth-order valence-corrected chi connectivity index (χ4v) is 3.65. The normalized spacial score (nSPS) is 11.3. The van der Waals surface area contributed by atoms with Crippen LogP contribution in [0.4, 0.5) is 0 Å². The van der Waals surface area contributed by atoms with Crippen LogP contribution in [0, 0.1) is 6.92 Å². The molecule has 114 valence electrons. The van der Waals surface area contributed by atoms with Crippen molar-refractivity contribution in [2.24, 2.45) is 0 Å². The Balaban J connectivity index is 2.23. The molecule has 1 aromatic heterocycles. The lowest BCUT2D eigenvalue weighted by molar-refractivity contribution is 0.639. The number of hydrogen-bond acceptors (Lipinski definition) is 3. The predicted octanol–water partition coefficient (Wildman–Crippen LogP) is 5.13. The van der Waals surface area contributed by atoms with E-state index in [1.54, 1.807) is 0 Å². The standard InChI is InChI=1S/C18H26N2S/c1-5-6-11-19-12-16-17(13(2)3)20-18(21-16)15-10-8-7-9-14(15)4/h7-10,13,19H,5-6,11-12H2,1-4H3. The molecule has 21 heavy (non-hydrogen) atoms. The smallest absolute Gasteiger partial charge is 0.124 e. The van der Waals surface area contributed by atoms with E-state index in [1.165, 1.54) is 34.5 Å². The van der Waals surface area contributed by atoms with Crippen LogP contribution in [0.2, 0.25) is 0 Å². The van der Waals surface area contributed by atoms with Gasteiger partial charge in [-0.2, -0.15) is 0 Å². The number of thiazole rings is 1. The Hall–Kier alpha value is -1.19. The van der Waals surface area contributed by atoms with Gasteiger partial charge in [-0.1, -0.05) is 51.5 Å². The average molecular weight is 302 g/mol. The Kier molecular flexibility index (Phi) is 5.95. The monoisotopic (exact) mass is 302 g/mol. The van der Waals surface area contributed by atoms with E-state index >= 15 is 0 Å². The van der Waals surface area contributed by atoms with Crippen molar-refractivity contribution in [3.8, 4) is 10.6 Å². The zero-order valence-electron chi connectivity index (χ0n) is 13.6. The summed E-state index contributed by atoms with van der Waals surface area (Å²) in [6.07, 6.45) is 2.47. The summed E-state index contributed by atoms with van der Waals surface area (Å²) in [6.45, 7) is 10.9. The molecule has 2 aromatic rings. The summed E-state index contributed by atoms with van der Waals surface area (Å²) in [6, 6.07) is 8.51. The van der Waals surface area contributed by atoms with Crippen LogP contribution in [-0.2, 0) is 6.54 Å². The van der Waals surface area contributed by atoms with E-state index in [0.717, 1.165) is 18.1 Å². The Morgan fingerprint density at radius 1 is 1.24 bits per heavy atom. The molecular weight excluding hydrogens is 276 g/mol. The Bertz CT molecular complexity index is 572. The van der Waals surface area contributed by atoms with E-state index in [-0.39, 0.29) is 0 Å². The molecule has 0 bridgehead atoms. The van der Waals surface area contributed by atoms with Crippen molar-refractivity contribution in [2.45, 2.75) is 53.0 Å². The lowest BCUT2D eigenvalue weighted by Gasteiger charge is -2.06. The van der Waals surface area contributed by atoms with Gasteiger partial charge in [-0.05, 0) is 31.4 Å². The van der Waals surface area contributed by atoms with Gasteiger partial charge < -0.3 is 5.32 Å². The van der Waals surface area contributed by atoms with Gasteiger partial charge in [0.1, 0.15) is 5.01 Å². The van der Waals surface area contributed by atoms with E-state index in [9.17, 15) is 0 Å². The third kappa shape index (κ3) is 4.14. The minimum Gasteiger partial charge on any atom is -0.312 e. The van der Waals surface area contributed by atoms with Crippen LogP contribution in [0.3, 0.4) is 0 Å². The molecule has 0 radical (unpaired) electrons. The van der Waals surface area contributed by atoms with Gasteiger partial charge in [0.15, 0.2) is 0 Å². The number of hydrogen-bond donors (Lipinski definition) is 1. The maximum atomic E-state index is 4.92. The first kappa shape index (κ1) is 16.2. The summed E-state index contributed by atoms with van der Waals surface area (Å²) in [5, 5.41) is 4.70. The van der Waals surface area contributed by atoms with E-state index in [0.29, 0.717) is 5.92 Å².